The number of anilines is 1. The first-order valence-electron chi connectivity index (χ1n) is 13.9. The highest BCUT2D eigenvalue weighted by Gasteiger charge is 2.35. The van der Waals surface area contributed by atoms with Crippen molar-refractivity contribution < 1.29 is 22.7 Å². The monoisotopic (exact) mass is 631 g/mol. The molecular weight excluding hydrogens is 597 g/mol. The molecule has 1 fully saturated rings. The van der Waals surface area contributed by atoms with E-state index in [0.717, 1.165) is 35.6 Å². The molecule has 3 aromatic rings. The van der Waals surface area contributed by atoms with Gasteiger partial charge in [0.25, 0.3) is 10.0 Å². The third kappa shape index (κ3) is 7.56. The maximum atomic E-state index is 14.2. The molecule has 224 valence electrons. The molecule has 0 radical (unpaired) electrons. The summed E-state index contributed by atoms with van der Waals surface area (Å²) in [6.45, 7) is 1.33. The summed E-state index contributed by atoms with van der Waals surface area (Å²) in [5.74, 6) is -0.591. The van der Waals surface area contributed by atoms with Crippen molar-refractivity contribution in [2.24, 2.45) is 0 Å². The lowest BCUT2D eigenvalue weighted by Gasteiger charge is -2.34. The number of amides is 2. The zero-order valence-electron chi connectivity index (χ0n) is 23.6. The van der Waals surface area contributed by atoms with Crippen molar-refractivity contribution in [3.05, 3.63) is 88.4 Å². The second-order valence-corrected chi connectivity index (χ2v) is 12.9. The van der Waals surface area contributed by atoms with Gasteiger partial charge in [0.15, 0.2) is 0 Å². The molecule has 1 saturated carbocycles. The fraction of sp³-hybridized carbons (Fsp3) is 0.355. The highest BCUT2D eigenvalue weighted by atomic mass is 35.5. The van der Waals surface area contributed by atoms with E-state index in [2.05, 4.69) is 5.32 Å². The summed E-state index contributed by atoms with van der Waals surface area (Å²) in [6, 6.07) is 18.6. The molecule has 42 heavy (non-hydrogen) atoms. The number of methoxy groups -OCH3 is 1. The summed E-state index contributed by atoms with van der Waals surface area (Å²) in [4.78, 5) is 29.2. The number of nitrogens with zero attached hydrogens (tertiary/aromatic N) is 2. The Hall–Kier alpha value is -3.27. The number of carbonyl (C=O) groups excluding carboxylic acids is 2. The van der Waals surface area contributed by atoms with Gasteiger partial charge >= 0.3 is 0 Å². The van der Waals surface area contributed by atoms with Crippen molar-refractivity contribution in [1.29, 1.82) is 0 Å². The average Bonchev–Trinajstić information content (AvgIpc) is 3.50. The molecule has 11 heteroatoms. The molecule has 1 N–H and O–H groups in total. The van der Waals surface area contributed by atoms with Gasteiger partial charge in [-0.15, -0.1) is 0 Å². The standard InChI is InChI=1S/C31H35Cl2N3O5S/c1-3-27(31(38)34-25-9-7-8-10-25)35(20-22-13-15-23(32)16-14-22)30(37)21-36(28-19-24(33)17-18-29(28)41-2)42(39,40)26-11-5-4-6-12-26/h4-6,11-19,25,27H,3,7-10,20-21H2,1-2H3,(H,34,38)/t27-/m0/s1. The smallest absolute Gasteiger partial charge is 0.264 e. The first kappa shape index (κ1) is 31.7. The van der Waals surface area contributed by atoms with Crippen molar-refractivity contribution in [3.8, 4) is 5.75 Å². The van der Waals surface area contributed by atoms with Crippen LogP contribution in [0.1, 0.15) is 44.6 Å². The van der Waals surface area contributed by atoms with E-state index in [0.29, 0.717) is 11.4 Å². The highest BCUT2D eigenvalue weighted by Crippen LogP contribution is 2.35. The van der Waals surface area contributed by atoms with Crippen molar-refractivity contribution in [1.82, 2.24) is 10.2 Å². The minimum Gasteiger partial charge on any atom is -0.495 e. The predicted octanol–water partition coefficient (Wildman–Crippen LogP) is 6.06. The van der Waals surface area contributed by atoms with E-state index in [1.54, 1.807) is 54.6 Å². The molecule has 0 aliphatic heterocycles. The Morgan fingerprint density at radius 1 is 0.976 bits per heavy atom. The van der Waals surface area contributed by atoms with Crippen LogP contribution < -0.4 is 14.4 Å². The zero-order valence-corrected chi connectivity index (χ0v) is 26.0. The quantitative estimate of drug-likeness (QED) is 0.262. The van der Waals surface area contributed by atoms with Crippen LogP contribution in [0.2, 0.25) is 10.0 Å². The van der Waals surface area contributed by atoms with Crippen LogP contribution in [-0.4, -0.2) is 50.9 Å². The van der Waals surface area contributed by atoms with E-state index < -0.39 is 28.5 Å². The molecule has 0 bridgehead atoms. The third-order valence-electron chi connectivity index (χ3n) is 7.37. The number of nitrogens with one attached hydrogen (secondary N) is 1. The van der Waals surface area contributed by atoms with E-state index >= 15 is 0 Å². The molecular formula is C31H35Cl2N3O5S. The number of hydrogen-bond donors (Lipinski definition) is 1. The molecule has 0 unspecified atom stereocenters. The maximum Gasteiger partial charge on any atom is 0.264 e. The fourth-order valence-electron chi connectivity index (χ4n) is 5.16. The van der Waals surface area contributed by atoms with Crippen molar-refractivity contribution >= 4 is 50.7 Å². The molecule has 1 aliphatic rings. The van der Waals surface area contributed by atoms with Crippen molar-refractivity contribution in [2.45, 2.75) is 62.6 Å². The van der Waals surface area contributed by atoms with Crippen LogP contribution in [0.25, 0.3) is 0 Å². The summed E-state index contributed by atoms with van der Waals surface area (Å²) in [7, 11) is -2.84. The van der Waals surface area contributed by atoms with Crippen LogP contribution >= 0.6 is 23.2 Å². The van der Waals surface area contributed by atoms with Crippen molar-refractivity contribution in [2.75, 3.05) is 18.0 Å². The number of halogens is 2. The number of ether oxygens (including phenoxy) is 1. The minimum absolute atomic E-state index is 0.00454. The molecule has 0 spiro atoms. The normalized spacial score (nSPS) is 14.3. The van der Waals surface area contributed by atoms with Crippen LogP contribution in [0.3, 0.4) is 0 Å². The molecule has 8 nitrogen and oxygen atoms in total. The summed E-state index contributed by atoms with van der Waals surface area (Å²) >= 11 is 12.4. The number of carbonyl (C=O) groups is 2. The van der Waals surface area contributed by atoms with Gasteiger partial charge in [-0.25, -0.2) is 8.42 Å². The third-order valence-corrected chi connectivity index (χ3v) is 9.63. The van der Waals surface area contributed by atoms with E-state index in [9.17, 15) is 18.0 Å². The predicted molar refractivity (Wildman–Crippen MR) is 165 cm³/mol. The number of rotatable bonds is 12. The van der Waals surface area contributed by atoms with Gasteiger partial charge in [-0.1, -0.05) is 73.3 Å². The Morgan fingerprint density at radius 2 is 1.62 bits per heavy atom. The summed E-state index contributed by atoms with van der Waals surface area (Å²) in [5, 5.41) is 3.91. The first-order chi connectivity index (χ1) is 20.1. The fourth-order valence-corrected chi connectivity index (χ4v) is 6.89. The molecule has 2 amide bonds. The maximum absolute atomic E-state index is 14.2. The van der Waals surface area contributed by atoms with Crippen LogP contribution in [-0.2, 0) is 26.2 Å². The second-order valence-electron chi connectivity index (χ2n) is 10.2. The Labute approximate surface area is 257 Å². The van der Waals surface area contributed by atoms with E-state index in [-0.39, 0.29) is 39.8 Å². The van der Waals surface area contributed by atoms with Gasteiger partial charge in [-0.2, -0.15) is 0 Å². The number of sulfonamides is 1. The van der Waals surface area contributed by atoms with Gasteiger partial charge in [0, 0.05) is 22.6 Å². The van der Waals surface area contributed by atoms with E-state index in [4.69, 9.17) is 27.9 Å². The highest BCUT2D eigenvalue weighted by molar-refractivity contribution is 7.92. The topological polar surface area (TPSA) is 96.0 Å². The minimum atomic E-state index is -4.25. The lowest BCUT2D eigenvalue weighted by molar-refractivity contribution is -0.140. The molecule has 4 rings (SSSR count). The van der Waals surface area contributed by atoms with Crippen LogP contribution in [0.4, 0.5) is 5.69 Å². The van der Waals surface area contributed by atoms with Gasteiger partial charge in [-0.05, 0) is 67.3 Å². The Kier molecular flexibility index (Phi) is 10.8. The van der Waals surface area contributed by atoms with Gasteiger partial charge < -0.3 is 15.0 Å². The van der Waals surface area contributed by atoms with Crippen LogP contribution in [0, 0.1) is 0 Å². The van der Waals surface area contributed by atoms with E-state index in [1.807, 2.05) is 6.92 Å². The lowest BCUT2D eigenvalue weighted by Crippen LogP contribution is -2.53. The summed E-state index contributed by atoms with van der Waals surface area (Å²) < 4.78 is 34.5. The average molecular weight is 633 g/mol. The molecule has 0 aromatic heterocycles. The van der Waals surface area contributed by atoms with Gasteiger partial charge in [0.2, 0.25) is 11.8 Å². The van der Waals surface area contributed by atoms with Crippen molar-refractivity contribution in [3.63, 3.8) is 0 Å². The van der Waals surface area contributed by atoms with Crippen LogP contribution in [0.5, 0.6) is 5.75 Å². The molecule has 0 saturated heterocycles. The van der Waals surface area contributed by atoms with E-state index in [1.165, 1.54) is 30.2 Å². The SMILES string of the molecule is CC[C@@H](C(=O)NC1CCCC1)N(Cc1ccc(Cl)cc1)C(=O)CN(c1cc(Cl)ccc1OC)S(=O)(=O)c1ccccc1. The Morgan fingerprint density at radius 3 is 2.24 bits per heavy atom. The number of benzene rings is 3. The number of hydrogen-bond acceptors (Lipinski definition) is 5. The summed E-state index contributed by atoms with van der Waals surface area (Å²) in [5.41, 5.74) is 0.856. The molecule has 1 aliphatic carbocycles. The lowest BCUT2D eigenvalue weighted by atomic mass is 10.1. The molecule has 1 atom stereocenters. The molecule has 0 heterocycles. The van der Waals surface area contributed by atoms with Crippen LogP contribution in [0.15, 0.2) is 77.7 Å². The zero-order chi connectivity index (χ0) is 30.3. The largest absolute Gasteiger partial charge is 0.495 e. The first-order valence-corrected chi connectivity index (χ1v) is 16.1. The van der Waals surface area contributed by atoms with Gasteiger partial charge in [-0.3, -0.25) is 13.9 Å². The van der Waals surface area contributed by atoms with Gasteiger partial charge in [0.1, 0.15) is 18.3 Å². The van der Waals surface area contributed by atoms with Gasteiger partial charge in [0.05, 0.1) is 17.7 Å². The summed E-state index contributed by atoms with van der Waals surface area (Å²) in [6.07, 6.45) is 4.21. The second kappa shape index (κ2) is 14.3. The molecule has 3 aromatic carbocycles. The Bertz CT molecular complexity index is 1480. The Balaban J connectivity index is 1.75.